The number of nitrogens with two attached hydrogens (primary N) is 1. The van der Waals surface area contributed by atoms with Gasteiger partial charge in [-0.2, -0.15) is 11.8 Å². The van der Waals surface area contributed by atoms with E-state index in [9.17, 15) is 14.9 Å². The van der Waals surface area contributed by atoms with Crippen molar-refractivity contribution in [3.63, 3.8) is 0 Å². The second-order valence-electron chi connectivity index (χ2n) is 4.54. The molecule has 0 spiro atoms. The molecule has 1 saturated heterocycles. The number of nitrogens with zero attached hydrogens (tertiary/aromatic N) is 3. The predicted octanol–water partition coefficient (Wildman–Crippen LogP) is 1.54. The molecule has 1 amide bonds. The van der Waals surface area contributed by atoms with Crippen molar-refractivity contribution in [2.24, 2.45) is 0 Å². The minimum atomic E-state index is -0.602. The van der Waals surface area contributed by atoms with Crippen LogP contribution in [-0.4, -0.2) is 44.8 Å². The predicted molar refractivity (Wildman–Crippen MR) is 77.7 cm³/mol. The topological polar surface area (TPSA) is 102 Å². The first-order chi connectivity index (χ1) is 9.52. The average Bonchev–Trinajstić information content (AvgIpc) is 2.46. The second kappa shape index (κ2) is 6.08. The maximum atomic E-state index is 12.5. The summed E-state index contributed by atoms with van der Waals surface area (Å²) in [6.45, 7) is 3.28. The van der Waals surface area contributed by atoms with E-state index in [0.717, 1.165) is 18.4 Å². The number of nitro groups is 1. The zero-order valence-electron chi connectivity index (χ0n) is 11.1. The van der Waals surface area contributed by atoms with Gasteiger partial charge in [0, 0.05) is 24.1 Å². The molecule has 1 unspecified atom stereocenters. The molecule has 1 aromatic rings. The van der Waals surface area contributed by atoms with E-state index in [2.05, 4.69) is 11.9 Å². The van der Waals surface area contributed by atoms with Crippen molar-refractivity contribution in [3.05, 3.63) is 27.9 Å². The quantitative estimate of drug-likeness (QED) is 0.670. The Bertz CT molecular complexity index is 537. The molecule has 2 rings (SSSR count). The molecule has 0 bridgehead atoms. The molecule has 2 heterocycles. The van der Waals surface area contributed by atoms with Gasteiger partial charge >= 0.3 is 0 Å². The van der Waals surface area contributed by atoms with Crippen LogP contribution in [0.4, 0.5) is 11.5 Å². The molecule has 1 fully saturated rings. The zero-order valence-corrected chi connectivity index (χ0v) is 11.9. The molecular weight excluding hydrogens is 280 g/mol. The fourth-order valence-electron chi connectivity index (χ4n) is 2.10. The SMILES string of the molecule is CCC1CN(C(=O)c2cc(N)ncc2[N+](=O)[O-])CCS1. The van der Waals surface area contributed by atoms with Gasteiger partial charge in [-0.25, -0.2) is 4.98 Å². The summed E-state index contributed by atoms with van der Waals surface area (Å²) >= 11 is 1.83. The number of carbonyl (C=O) groups excluding carboxylic acids is 1. The zero-order chi connectivity index (χ0) is 14.7. The second-order valence-corrected chi connectivity index (χ2v) is 5.94. The van der Waals surface area contributed by atoms with Gasteiger partial charge in [-0.05, 0) is 12.5 Å². The Morgan fingerprint density at radius 3 is 3.10 bits per heavy atom. The van der Waals surface area contributed by atoms with Crippen molar-refractivity contribution in [2.75, 3.05) is 24.6 Å². The lowest BCUT2D eigenvalue weighted by atomic mass is 10.1. The molecule has 8 heteroatoms. The van der Waals surface area contributed by atoms with Gasteiger partial charge in [0.15, 0.2) is 0 Å². The van der Waals surface area contributed by atoms with Crippen LogP contribution in [-0.2, 0) is 0 Å². The summed E-state index contributed by atoms with van der Waals surface area (Å²) in [7, 11) is 0. The summed E-state index contributed by atoms with van der Waals surface area (Å²) in [4.78, 5) is 28.2. The van der Waals surface area contributed by atoms with Crippen LogP contribution in [0.25, 0.3) is 0 Å². The van der Waals surface area contributed by atoms with E-state index in [1.54, 1.807) is 4.90 Å². The van der Waals surface area contributed by atoms with E-state index < -0.39 is 4.92 Å². The number of amides is 1. The van der Waals surface area contributed by atoms with E-state index in [0.29, 0.717) is 18.3 Å². The minimum Gasteiger partial charge on any atom is -0.384 e. The maximum absolute atomic E-state index is 12.5. The van der Waals surface area contributed by atoms with Gasteiger partial charge in [0.25, 0.3) is 11.6 Å². The van der Waals surface area contributed by atoms with Crippen molar-refractivity contribution in [1.82, 2.24) is 9.88 Å². The number of nitrogen functional groups attached to an aromatic ring is 1. The van der Waals surface area contributed by atoms with Crippen LogP contribution in [0, 0.1) is 10.1 Å². The molecule has 0 radical (unpaired) electrons. The van der Waals surface area contributed by atoms with Crippen LogP contribution in [0.2, 0.25) is 0 Å². The molecule has 1 aliphatic rings. The Morgan fingerprint density at radius 2 is 2.45 bits per heavy atom. The number of hydrogen-bond donors (Lipinski definition) is 1. The van der Waals surface area contributed by atoms with Gasteiger partial charge in [-0.3, -0.25) is 14.9 Å². The van der Waals surface area contributed by atoms with E-state index >= 15 is 0 Å². The maximum Gasteiger partial charge on any atom is 0.300 e. The molecule has 0 aliphatic carbocycles. The van der Waals surface area contributed by atoms with Gasteiger partial charge in [-0.15, -0.1) is 0 Å². The number of thioether (sulfide) groups is 1. The lowest BCUT2D eigenvalue weighted by molar-refractivity contribution is -0.385. The number of pyridine rings is 1. The summed E-state index contributed by atoms with van der Waals surface area (Å²) in [5, 5.41) is 11.4. The Hall–Kier alpha value is -1.83. The number of anilines is 1. The first kappa shape index (κ1) is 14.6. The Kier molecular flexibility index (Phi) is 4.43. The van der Waals surface area contributed by atoms with Crippen LogP contribution in [0.15, 0.2) is 12.3 Å². The largest absolute Gasteiger partial charge is 0.384 e. The van der Waals surface area contributed by atoms with Crippen molar-refractivity contribution >= 4 is 29.2 Å². The molecule has 0 saturated carbocycles. The van der Waals surface area contributed by atoms with Gasteiger partial charge in [-0.1, -0.05) is 6.92 Å². The fourth-order valence-corrected chi connectivity index (χ4v) is 3.28. The Morgan fingerprint density at radius 1 is 1.70 bits per heavy atom. The lowest BCUT2D eigenvalue weighted by Crippen LogP contribution is -2.42. The van der Waals surface area contributed by atoms with Gasteiger partial charge < -0.3 is 10.6 Å². The normalized spacial score (nSPS) is 18.9. The van der Waals surface area contributed by atoms with Crippen LogP contribution in [0.5, 0.6) is 0 Å². The highest BCUT2D eigenvalue weighted by atomic mass is 32.2. The summed E-state index contributed by atoms with van der Waals surface area (Å²) in [5.41, 5.74) is 5.26. The van der Waals surface area contributed by atoms with Crippen LogP contribution >= 0.6 is 11.8 Å². The van der Waals surface area contributed by atoms with Crippen molar-refractivity contribution in [3.8, 4) is 0 Å². The third-order valence-corrected chi connectivity index (χ3v) is 4.58. The number of hydrogen-bond acceptors (Lipinski definition) is 6. The minimum absolute atomic E-state index is 0.0178. The molecule has 1 aliphatic heterocycles. The average molecular weight is 296 g/mol. The van der Waals surface area contributed by atoms with Crippen molar-refractivity contribution in [1.29, 1.82) is 0 Å². The molecule has 1 aromatic heterocycles. The van der Waals surface area contributed by atoms with Gasteiger partial charge in [0.05, 0.1) is 4.92 Å². The van der Waals surface area contributed by atoms with Gasteiger partial charge in [0.2, 0.25) is 0 Å². The highest BCUT2D eigenvalue weighted by Gasteiger charge is 2.29. The molecule has 7 nitrogen and oxygen atoms in total. The third-order valence-electron chi connectivity index (χ3n) is 3.21. The molecule has 108 valence electrons. The number of carbonyl (C=O) groups is 1. The lowest BCUT2D eigenvalue weighted by Gasteiger charge is -2.31. The molecule has 0 aromatic carbocycles. The highest BCUT2D eigenvalue weighted by Crippen LogP contribution is 2.25. The summed E-state index contributed by atoms with van der Waals surface area (Å²) < 4.78 is 0. The summed E-state index contributed by atoms with van der Waals surface area (Å²) in [5.74, 6) is 0.612. The molecule has 2 N–H and O–H groups in total. The smallest absolute Gasteiger partial charge is 0.300 e. The van der Waals surface area contributed by atoms with E-state index in [4.69, 9.17) is 5.73 Å². The summed E-state index contributed by atoms with van der Waals surface area (Å²) in [6.07, 6.45) is 2.01. The monoisotopic (exact) mass is 296 g/mol. The fraction of sp³-hybridized carbons (Fsp3) is 0.500. The Balaban J connectivity index is 2.28. The van der Waals surface area contributed by atoms with Gasteiger partial charge in [0.1, 0.15) is 17.6 Å². The van der Waals surface area contributed by atoms with Crippen LogP contribution in [0.3, 0.4) is 0 Å². The Labute approximate surface area is 120 Å². The van der Waals surface area contributed by atoms with E-state index in [1.807, 2.05) is 11.8 Å². The van der Waals surface area contributed by atoms with Crippen molar-refractivity contribution < 1.29 is 9.72 Å². The standard InChI is InChI=1S/C12H16N4O3S/c1-2-8-7-15(3-4-20-8)12(17)9-5-11(13)14-6-10(9)16(18)19/h5-6,8H,2-4,7H2,1H3,(H2,13,14). The third kappa shape index (κ3) is 3.01. The van der Waals surface area contributed by atoms with Crippen LogP contribution in [0.1, 0.15) is 23.7 Å². The number of aromatic nitrogens is 1. The van der Waals surface area contributed by atoms with Crippen molar-refractivity contribution in [2.45, 2.75) is 18.6 Å². The molecular formula is C12H16N4O3S. The summed E-state index contributed by atoms with van der Waals surface area (Å²) in [6, 6.07) is 1.28. The highest BCUT2D eigenvalue weighted by molar-refractivity contribution is 8.00. The molecule has 20 heavy (non-hydrogen) atoms. The first-order valence-corrected chi connectivity index (χ1v) is 7.38. The number of rotatable bonds is 3. The first-order valence-electron chi connectivity index (χ1n) is 6.33. The molecule has 1 atom stereocenters. The van der Waals surface area contributed by atoms with E-state index in [-0.39, 0.29) is 23.0 Å². The van der Waals surface area contributed by atoms with E-state index in [1.165, 1.54) is 6.07 Å². The van der Waals surface area contributed by atoms with Crippen LogP contribution < -0.4 is 5.73 Å².